The lowest BCUT2D eigenvalue weighted by Crippen LogP contribution is -2.34. The molecule has 0 saturated carbocycles. The first-order valence-electron chi connectivity index (χ1n) is 9.65. The van der Waals surface area contributed by atoms with Gasteiger partial charge in [-0.3, -0.25) is 14.4 Å². The van der Waals surface area contributed by atoms with E-state index in [0.29, 0.717) is 11.3 Å². The molecule has 0 radical (unpaired) electrons. The Hall–Kier alpha value is -3.58. The van der Waals surface area contributed by atoms with E-state index in [1.807, 2.05) is 0 Å². The average Bonchev–Trinajstić information content (AvgIpc) is 3.44. The SMILES string of the molecule is C=Cn1nnc(-c2ccc(-c3ccc(N4C[C@H](C(CF)OP(=O)(O)O)OC4=O)cc3F)cn2)n1. The first-order chi connectivity index (χ1) is 16.2. The summed E-state index contributed by atoms with van der Waals surface area (Å²) in [4.78, 5) is 36.4. The number of pyridine rings is 1. The molecule has 1 saturated heterocycles. The van der Waals surface area contributed by atoms with Gasteiger partial charge in [-0.05, 0) is 29.5 Å². The minimum Gasteiger partial charge on any atom is -0.441 e. The summed E-state index contributed by atoms with van der Waals surface area (Å²) >= 11 is 0. The third-order valence-electron chi connectivity index (χ3n) is 4.83. The molecule has 1 amide bonds. The summed E-state index contributed by atoms with van der Waals surface area (Å²) < 4.78 is 48.4. The maximum absolute atomic E-state index is 14.9. The number of amides is 1. The van der Waals surface area contributed by atoms with Crippen LogP contribution in [0.25, 0.3) is 28.8 Å². The van der Waals surface area contributed by atoms with Crippen LogP contribution in [0, 0.1) is 5.82 Å². The molecule has 3 aromatic rings. The van der Waals surface area contributed by atoms with Gasteiger partial charge in [-0.15, -0.1) is 15.0 Å². The van der Waals surface area contributed by atoms with E-state index in [1.54, 1.807) is 12.1 Å². The topological polar surface area (TPSA) is 153 Å². The molecule has 2 atom stereocenters. The molecule has 34 heavy (non-hydrogen) atoms. The molecule has 12 nitrogen and oxygen atoms in total. The standard InChI is InChI=1S/C19H17F2N6O6P/c1-2-27-24-18(23-25-27)15-6-3-11(9-22-15)13-5-4-12(7-14(13)21)26-10-17(32-19(26)28)16(8-20)33-34(29,30)31/h2-7,9,16-17H,1,8,10H2,(H2,29,30,31)/t16?,17-/m1/s1. The molecule has 0 spiro atoms. The van der Waals surface area contributed by atoms with Crippen molar-refractivity contribution in [2.75, 3.05) is 18.1 Å². The highest BCUT2D eigenvalue weighted by molar-refractivity contribution is 7.46. The van der Waals surface area contributed by atoms with Gasteiger partial charge in [0, 0.05) is 23.5 Å². The van der Waals surface area contributed by atoms with Crippen molar-refractivity contribution in [2.45, 2.75) is 12.2 Å². The number of phosphoric acid groups is 1. The molecular formula is C19H17F2N6O6P. The van der Waals surface area contributed by atoms with Gasteiger partial charge in [-0.1, -0.05) is 12.6 Å². The van der Waals surface area contributed by atoms with Gasteiger partial charge in [0.2, 0.25) is 5.82 Å². The average molecular weight is 494 g/mol. The quantitative estimate of drug-likeness (QED) is 0.447. The molecule has 15 heteroatoms. The lowest BCUT2D eigenvalue weighted by atomic mass is 10.1. The molecule has 1 aliphatic rings. The zero-order valence-corrected chi connectivity index (χ0v) is 18.1. The van der Waals surface area contributed by atoms with Gasteiger partial charge in [-0.25, -0.2) is 18.1 Å². The highest BCUT2D eigenvalue weighted by Gasteiger charge is 2.41. The second-order valence-electron chi connectivity index (χ2n) is 7.03. The number of rotatable bonds is 8. The number of halogens is 2. The highest BCUT2D eigenvalue weighted by Crippen LogP contribution is 2.40. The van der Waals surface area contributed by atoms with Crippen LogP contribution >= 0.6 is 7.82 Å². The number of phosphoric ester groups is 1. The first-order valence-corrected chi connectivity index (χ1v) is 11.2. The van der Waals surface area contributed by atoms with E-state index in [0.717, 1.165) is 11.0 Å². The molecule has 2 aromatic heterocycles. The third-order valence-corrected chi connectivity index (χ3v) is 5.38. The van der Waals surface area contributed by atoms with Crippen molar-refractivity contribution in [3.63, 3.8) is 0 Å². The minimum atomic E-state index is -5.01. The Balaban J connectivity index is 1.51. The summed E-state index contributed by atoms with van der Waals surface area (Å²) in [5.41, 5.74) is 1.16. The van der Waals surface area contributed by atoms with E-state index in [-0.39, 0.29) is 23.6 Å². The summed E-state index contributed by atoms with van der Waals surface area (Å²) in [5.74, 6) is -0.411. The maximum atomic E-state index is 14.9. The van der Waals surface area contributed by atoms with Crippen LogP contribution in [0.15, 0.2) is 43.1 Å². The predicted octanol–water partition coefficient (Wildman–Crippen LogP) is 2.41. The molecule has 1 aliphatic heterocycles. The fourth-order valence-electron chi connectivity index (χ4n) is 3.26. The van der Waals surface area contributed by atoms with Crippen molar-refractivity contribution >= 4 is 25.8 Å². The van der Waals surface area contributed by atoms with Crippen LogP contribution in [-0.4, -0.2) is 66.5 Å². The van der Waals surface area contributed by atoms with Crippen LogP contribution in [-0.2, 0) is 13.8 Å². The zero-order valence-electron chi connectivity index (χ0n) is 17.2. The monoisotopic (exact) mass is 494 g/mol. The second kappa shape index (κ2) is 9.35. The number of alkyl halides is 1. The van der Waals surface area contributed by atoms with Gasteiger partial charge in [0.1, 0.15) is 24.3 Å². The van der Waals surface area contributed by atoms with Crippen LogP contribution in [0.5, 0.6) is 0 Å². The Kier molecular flexibility index (Phi) is 6.48. The summed E-state index contributed by atoms with van der Waals surface area (Å²) in [5, 5.41) is 11.6. The van der Waals surface area contributed by atoms with Crippen molar-refractivity contribution < 1.29 is 37.2 Å². The van der Waals surface area contributed by atoms with Gasteiger partial charge in [0.25, 0.3) is 0 Å². The lowest BCUT2D eigenvalue weighted by molar-refractivity contribution is 0.0162. The van der Waals surface area contributed by atoms with E-state index in [9.17, 15) is 18.1 Å². The van der Waals surface area contributed by atoms with E-state index in [2.05, 4.69) is 31.5 Å². The molecule has 0 aliphatic carbocycles. The van der Waals surface area contributed by atoms with Crippen molar-refractivity contribution in [1.29, 1.82) is 0 Å². The predicted molar refractivity (Wildman–Crippen MR) is 113 cm³/mol. The Labute approximate surface area is 190 Å². The normalized spacial score (nSPS) is 17.0. The fourth-order valence-corrected chi connectivity index (χ4v) is 3.80. The minimum absolute atomic E-state index is 0.109. The summed E-state index contributed by atoms with van der Waals surface area (Å²) in [6, 6.07) is 7.15. The van der Waals surface area contributed by atoms with E-state index in [4.69, 9.17) is 14.5 Å². The van der Waals surface area contributed by atoms with Crippen LogP contribution in [0.3, 0.4) is 0 Å². The van der Waals surface area contributed by atoms with Gasteiger partial charge in [0.15, 0.2) is 6.10 Å². The molecule has 1 unspecified atom stereocenters. The zero-order chi connectivity index (χ0) is 24.5. The van der Waals surface area contributed by atoms with Crippen molar-refractivity contribution in [2.24, 2.45) is 0 Å². The van der Waals surface area contributed by atoms with E-state index in [1.165, 1.54) is 29.3 Å². The number of aromatic nitrogens is 5. The van der Waals surface area contributed by atoms with Crippen LogP contribution in [0.2, 0.25) is 0 Å². The molecule has 178 valence electrons. The molecular weight excluding hydrogens is 477 g/mol. The number of carbonyl (C=O) groups is 1. The van der Waals surface area contributed by atoms with Gasteiger partial charge >= 0.3 is 13.9 Å². The Morgan fingerprint density at radius 3 is 2.74 bits per heavy atom. The molecule has 2 N–H and O–H groups in total. The smallest absolute Gasteiger partial charge is 0.441 e. The Morgan fingerprint density at radius 1 is 1.35 bits per heavy atom. The Morgan fingerprint density at radius 2 is 2.15 bits per heavy atom. The number of carbonyl (C=O) groups excluding carboxylic acids is 1. The molecule has 3 heterocycles. The number of benzene rings is 1. The number of nitrogens with zero attached hydrogens (tertiary/aromatic N) is 6. The summed E-state index contributed by atoms with van der Waals surface area (Å²) in [6.45, 7) is 1.93. The van der Waals surface area contributed by atoms with Crippen molar-refractivity contribution in [1.82, 2.24) is 25.2 Å². The number of tetrazole rings is 1. The summed E-state index contributed by atoms with van der Waals surface area (Å²) in [6.07, 6.45) is -1.12. The maximum Gasteiger partial charge on any atom is 0.470 e. The van der Waals surface area contributed by atoms with Gasteiger partial charge in [0.05, 0.1) is 12.2 Å². The highest BCUT2D eigenvalue weighted by atomic mass is 31.2. The molecule has 4 rings (SSSR count). The number of hydrogen-bond donors (Lipinski definition) is 2. The largest absolute Gasteiger partial charge is 0.470 e. The third kappa shape index (κ3) is 4.99. The number of hydrogen-bond acceptors (Lipinski definition) is 8. The second-order valence-corrected chi connectivity index (χ2v) is 8.23. The van der Waals surface area contributed by atoms with Crippen molar-refractivity contribution in [3.05, 3.63) is 48.9 Å². The molecule has 1 fully saturated rings. The van der Waals surface area contributed by atoms with Gasteiger partial charge < -0.3 is 14.5 Å². The van der Waals surface area contributed by atoms with E-state index < -0.39 is 38.6 Å². The Bertz CT molecular complexity index is 1270. The molecule has 0 bridgehead atoms. The van der Waals surface area contributed by atoms with Gasteiger partial charge in [-0.2, -0.15) is 0 Å². The van der Waals surface area contributed by atoms with Crippen LogP contribution in [0.1, 0.15) is 0 Å². The summed E-state index contributed by atoms with van der Waals surface area (Å²) in [7, 11) is -5.01. The first kappa shape index (κ1) is 23.6. The number of anilines is 1. The number of cyclic esters (lactones) is 1. The molecule has 1 aromatic carbocycles. The number of ether oxygens (including phenoxy) is 1. The lowest BCUT2D eigenvalue weighted by Gasteiger charge is -2.19. The fraction of sp³-hybridized carbons (Fsp3) is 0.211. The van der Waals surface area contributed by atoms with E-state index >= 15 is 0 Å². The van der Waals surface area contributed by atoms with Crippen molar-refractivity contribution in [3.8, 4) is 22.6 Å². The van der Waals surface area contributed by atoms with Crippen LogP contribution < -0.4 is 4.90 Å². The van der Waals surface area contributed by atoms with Crippen LogP contribution in [0.4, 0.5) is 19.3 Å².